The van der Waals surface area contributed by atoms with E-state index >= 15 is 0 Å². The third kappa shape index (κ3) is 5.96. The molecular formula is C13H19FN4O. The van der Waals surface area contributed by atoms with Crippen molar-refractivity contribution in [3.63, 3.8) is 0 Å². The van der Waals surface area contributed by atoms with Crippen LogP contribution < -0.4 is 11.5 Å². The zero-order valence-electron chi connectivity index (χ0n) is 11.0. The van der Waals surface area contributed by atoms with E-state index in [4.69, 9.17) is 16.2 Å². The fourth-order valence-corrected chi connectivity index (χ4v) is 1.35. The molecule has 0 amide bonds. The molecular weight excluding hydrogens is 247 g/mol. The molecule has 0 aliphatic rings. The summed E-state index contributed by atoms with van der Waals surface area (Å²) in [7, 11) is 0. The first-order valence-corrected chi connectivity index (χ1v) is 6.11. The molecule has 104 valence electrons. The van der Waals surface area contributed by atoms with E-state index in [0.717, 1.165) is 12.8 Å². The van der Waals surface area contributed by atoms with Crippen LogP contribution in [0, 0.1) is 5.82 Å². The van der Waals surface area contributed by atoms with Gasteiger partial charge in [-0.25, -0.2) is 4.39 Å². The molecule has 0 fully saturated rings. The molecule has 0 bridgehead atoms. The zero-order chi connectivity index (χ0) is 14.1. The van der Waals surface area contributed by atoms with Crippen LogP contribution in [0.15, 0.2) is 28.4 Å². The quantitative estimate of drug-likeness (QED) is 0.341. The van der Waals surface area contributed by atoms with Gasteiger partial charge in [-0.05, 0) is 18.1 Å². The Morgan fingerprint density at radius 1 is 1.42 bits per heavy atom. The van der Waals surface area contributed by atoms with Gasteiger partial charge in [0.25, 0.3) is 0 Å². The summed E-state index contributed by atoms with van der Waals surface area (Å²) in [6.07, 6.45) is 3.41. The minimum absolute atomic E-state index is 0.141. The van der Waals surface area contributed by atoms with Gasteiger partial charge in [-0.2, -0.15) is 5.10 Å². The number of benzene rings is 1. The van der Waals surface area contributed by atoms with Crippen molar-refractivity contribution in [2.24, 2.45) is 21.7 Å². The molecule has 0 saturated carbocycles. The summed E-state index contributed by atoms with van der Waals surface area (Å²) in [6, 6.07) is 4.76. The minimum Gasteiger partial charge on any atom is -0.377 e. The van der Waals surface area contributed by atoms with Gasteiger partial charge in [0, 0.05) is 12.2 Å². The average molecular weight is 266 g/mol. The Bertz CT molecular complexity index is 456. The van der Waals surface area contributed by atoms with Crippen molar-refractivity contribution in [1.29, 1.82) is 0 Å². The molecule has 1 aromatic rings. The van der Waals surface area contributed by atoms with E-state index in [-0.39, 0.29) is 18.4 Å². The van der Waals surface area contributed by atoms with E-state index in [9.17, 15) is 4.39 Å². The van der Waals surface area contributed by atoms with Crippen molar-refractivity contribution < 1.29 is 9.13 Å². The lowest BCUT2D eigenvalue weighted by atomic mass is 10.1. The highest BCUT2D eigenvalue weighted by Crippen LogP contribution is 2.11. The number of hydrogen-bond donors (Lipinski definition) is 2. The summed E-state index contributed by atoms with van der Waals surface area (Å²) in [5.74, 6) is -0.470. The van der Waals surface area contributed by atoms with E-state index in [2.05, 4.69) is 17.1 Å². The van der Waals surface area contributed by atoms with Crippen LogP contribution in [-0.2, 0) is 11.3 Å². The first-order chi connectivity index (χ1) is 9.13. The third-order valence-electron chi connectivity index (χ3n) is 2.36. The number of nitrogens with zero attached hydrogens (tertiary/aromatic N) is 2. The number of ether oxygens (including phenoxy) is 1. The van der Waals surface area contributed by atoms with E-state index in [1.54, 1.807) is 12.1 Å². The Balaban J connectivity index is 2.59. The molecule has 0 heterocycles. The summed E-state index contributed by atoms with van der Waals surface area (Å²) in [6.45, 7) is 3.00. The molecule has 0 atom stereocenters. The molecule has 0 aliphatic carbocycles. The van der Waals surface area contributed by atoms with Gasteiger partial charge in [-0.1, -0.05) is 25.5 Å². The van der Waals surface area contributed by atoms with Gasteiger partial charge < -0.3 is 16.2 Å². The summed E-state index contributed by atoms with van der Waals surface area (Å²) < 4.78 is 19.1. The largest absolute Gasteiger partial charge is 0.377 e. The predicted molar refractivity (Wildman–Crippen MR) is 74.4 cm³/mol. The fourth-order valence-electron chi connectivity index (χ4n) is 1.35. The van der Waals surface area contributed by atoms with Crippen molar-refractivity contribution in [2.45, 2.75) is 26.4 Å². The van der Waals surface area contributed by atoms with Gasteiger partial charge in [-0.3, -0.25) is 0 Å². The van der Waals surface area contributed by atoms with Crippen LogP contribution in [0.1, 0.15) is 30.9 Å². The van der Waals surface area contributed by atoms with Crippen molar-refractivity contribution in [1.82, 2.24) is 0 Å². The van der Waals surface area contributed by atoms with E-state index in [1.807, 2.05) is 0 Å². The molecule has 0 saturated heterocycles. The predicted octanol–water partition coefficient (Wildman–Crippen LogP) is 1.75. The van der Waals surface area contributed by atoms with Crippen LogP contribution in [0.25, 0.3) is 0 Å². The maximum Gasteiger partial charge on any atom is 0.211 e. The van der Waals surface area contributed by atoms with Gasteiger partial charge in [0.2, 0.25) is 5.96 Å². The SMILES string of the molecule is CCCCOCc1ccc(C=NN=C(N)N)cc1F. The zero-order valence-corrected chi connectivity index (χ0v) is 11.0. The Morgan fingerprint density at radius 2 is 2.21 bits per heavy atom. The Morgan fingerprint density at radius 3 is 2.84 bits per heavy atom. The van der Waals surface area contributed by atoms with Crippen LogP contribution >= 0.6 is 0 Å². The standard InChI is InChI=1S/C13H19FN4O/c1-2-3-6-19-9-11-5-4-10(7-12(11)14)8-17-18-13(15)16/h4-5,7-8H,2-3,6,9H2,1H3,(H4,15,16,18). The second-order valence-corrected chi connectivity index (χ2v) is 4.03. The summed E-state index contributed by atoms with van der Waals surface area (Å²) >= 11 is 0. The highest BCUT2D eigenvalue weighted by molar-refractivity contribution is 5.81. The topological polar surface area (TPSA) is 86.0 Å². The summed E-state index contributed by atoms with van der Waals surface area (Å²) in [5.41, 5.74) is 11.3. The smallest absolute Gasteiger partial charge is 0.211 e. The molecule has 19 heavy (non-hydrogen) atoms. The Hall–Kier alpha value is -1.95. The fraction of sp³-hybridized carbons (Fsp3) is 0.385. The number of guanidine groups is 1. The first kappa shape index (κ1) is 15.1. The molecule has 1 rings (SSSR count). The monoisotopic (exact) mass is 266 g/mol. The lowest BCUT2D eigenvalue weighted by Gasteiger charge is -2.05. The molecule has 0 spiro atoms. The first-order valence-electron chi connectivity index (χ1n) is 6.11. The van der Waals surface area contributed by atoms with Crippen LogP contribution in [-0.4, -0.2) is 18.8 Å². The molecule has 4 N–H and O–H groups in total. The maximum atomic E-state index is 13.7. The molecule has 6 heteroatoms. The van der Waals surface area contributed by atoms with Crippen LogP contribution in [0.4, 0.5) is 4.39 Å². The third-order valence-corrected chi connectivity index (χ3v) is 2.36. The number of nitrogens with two attached hydrogens (primary N) is 2. The van der Waals surface area contributed by atoms with Gasteiger partial charge in [0.05, 0.1) is 12.8 Å². The normalized spacial score (nSPS) is 10.8. The molecule has 0 radical (unpaired) electrons. The second-order valence-electron chi connectivity index (χ2n) is 4.03. The van der Waals surface area contributed by atoms with E-state index in [1.165, 1.54) is 12.3 Å². The van der Waals surface area contributed by atoms with Crippen molar-refractivity contribution in [3.05, 3.63) is 35.1 Å². The number of hydrogen-bond acceptors (Lipinski definition) is 3. The molecule has 0 aliphatic heterocycles. The van der Waals surface area contributed by atoms with Crippen LogP contribution in [0.5, 0.6) is 0 Å². The molecule has 5 nitrogen and oxygen atoms in total. The lowest BCUT2D eigenvalue weighted by Crippen LogP contribution is -2.21. The number of rotatable bonds is 7. The molecule has 0 unspecified atom stereocenters. The number of halogens is 1. The highest BCUT2D eigenvalue weighted by Gasteiger charge is 2.02. The molecule has 1 aromatic carbocycles. The van der Waals surface area contributed by atoms with Crippen molar-refractivity contribution in [3.8, 4) is 0 Å². The summed E-state index contributed by atoms with van der Waals surface area (Å²) in [5, 5.41) is 7.05. The second kappa shape index (κ2) is 8.20. The van der Waals surface area contributed by atoms with E-state index < -0.39 is 0 Å². The lowest BCUT2D eigenvalue weighted by molar-refractivity contribution is 0.116. The van der Waals surface area contributed by atoms with Crippen LogP contribution in [0.2, 0.25) is 0 Å². The number of unbranched alkanes of at least 4 members (excludes halogenated alkanes) is 1. The van der Waals surface area contributed by atoms with Crippen LogP contribution in [0.3, 0.4) is 0 Å². The Kier molecular flexibility index (Phi) is 6.52. The average Bonchev–Trinajstić information content (AvgIpc) is 2.36. The van der Waals surface area contributed by atoms with Gasteiger partial charge in [0.15, 0.2) is 0 Å². The maximum absolute atomic E-state index is 13.7. The van der Waals surface area contributed by atoms with E-state index in [0.29, 0.717) is 17.7 Å². The van der Waals surface area contributed by atoms with Gasteiger partial charge in [-0.15, -0.1) is 5.10 Å². The summed E-state index contributed by atoms with van der Waals surface area (Å²) in [4.78, 5) is 0. The highest BCUT2D eigenvalue weighted by atomic mass is 19.1. The van der Waals surface area contributed by atoms with Crippen molar-refractivity contribution in [2.75, 3.05) is 6.61 Å². The van der Waals surface area contributed by atoms with Gasteiger partial charge >= 0.3 is 0 Å². The minimum atomic E-state index is -0.329. The Labute approximate surface area is 112 Å². The molecule has 0 aromatic heterocycles. The van der Waals surface area contributed by atoms with Crippen molar-refractivity contribution >= 4 is 12.2 Å². The van der Waals surface area contributed by atoms with Gasteiger partial charge in [0.1, 0.15) is 5.82 Å².